The minimum Gasteiger partial charge on any atom is -0.478 e. The van der Waals surface area contributed by atoms with Gasteiger partial charge in [0.1, 0.15) is 0 Å². The van der Waals surface area contributed by atoms with Gasteiger partial charge in [0, 0.05) is 36.2 Å². The molecule has 3 nitrogen and oxygen atoms in total. The van der Waals surface area contributed by atoms with Gasteiger partial charge in [-0.05, 0) is 31.1 Å². The van der Waals surface area contributed by atoms with E-state index < -0.39 is 5.97 Å². The smallest absolute Gasteiger partial charge is 0.328 e. The molecule has 1 N–H and O–H groups in total. The first kappa shape index (κ1) is 15.1. The molecule has 2 rings (SSSR count). The summed E-state index contributed by atoms with van der Waals surface area (Å²) in [6.45, 7) is 7.80. The summed E-state index contributed by atoms with van der Waals surface area (Å²) in [4.78, 5) is 13.0. The molecule has 1 aliphatic rings. The maximum Gasteiger partial charge on any atom is 0.328 e. The molecule has 108 valence electrons. The predicted molar refractivity (Wildman–Crippen MR) is 84.9 cm³/mol. The third-order valence-corrected chi connectivity index (χ3v) is 4.61. The van der Waals surface area contributed by atoms with Gasteiger partial charge in [0.05, 0.1) is 0 Å². The van der Waals surface area contributed by atoms with Gasteiger partial charge in [-0.15, -0.1) is 0 Å². The van der Waals surface area contributed by atoms with Crippen molar-refractivity contribution in [2.45, 2.75) is 25.1 Å². The molecule has 0 aliphatic carbocycles. The van der Waals surface area contributed by atoms with Crippen LogP contribution in [0.2, 0.25) is 0 Å². The lowest BCUT2D eigenvalue weighted by Gasteiger charge is -2.37. The van der Waals surface area contributed by atoms with E-state index in [1.807, 2.05) is 23.9 Å². The molecule has 1 aliphatic heterocycles. The predicted octanol–water partition coefficient (Wildman–Crippen LogP) is 3.11. The second kappa shape index (κ2) is 6.46. The normalized spacial score (nSPS) is 19.3. The lowest BCUT2D eigenvalue weighted by atomic mass is 10.1. The molecule has 0 radical (unpaired) electrons. The molecule has 1 heterocycles. The molecular weight excluding hydrogens is 270 g/mol. The van der Waals surface area contributed by atoms with E-state index in [-0.39, 0.29) is 0 Å². The summed E-state index contributed by atoms with van der Waals surface area (Å²) in [6, 6.07) is 8.10. The van der Waals surface area contributed by atoms with Crippen molar-refractivity contribution >= 4 is 23.8 Å². The average Bonchev–Trinajstić information content (AvgIpc) is 2.36. The Hall–Kier alpha value is -1.26. The highest BCUT2D eigenvalue weighted by Gasteiger charge is 2.26. The Morgan fingerprint density at radius 2 is 2.10 bits per heavy atom. The van der Waals surface area contributed by atoms with Gasteiger partial charge in [-0.1, -0.05) is 24.3 Å². The summed E-state index contributed by atoms with van der Waals surface area (Å²) in [5, 5.41) is 8.60. The Labute approximate surface area is 124 Å². The Bertz CT molecular complexity index is 494. The Morgan fingerprint density at radius 3 is 2.70 bits per heavy atom. The number of hydrogen-bond acceptors (Lipinski definition) is 3. The van der Waals surface area contributed by atoms with E-state index in [2.05, 4.69) is 30.9 Å². The van der Waals surface area contributed by atoms with Crippen LogP contribution in [-0.4, -0.2) is 39.6 Å². The molecule has 1 fully saturated rings. The lowest BCUT2D eigenvalue weighted by Crippen LogP contribution is -2.42. The number of carboxylic acids is 1. The number of carboxylic acid groups (broad SMARTS) is 1. The summed E-state index contributed by atoms with van der Waals surface area (Å²) < 4.78 is 0.336. The second-order valence-electron chi connectivity index (χ2n) is 5.73. The number of rotatable bonds is 4. The molecule has 0 saturated carbocycles. The number of benzene rings is 1. The SMILES string of the molecule is CC1(C)CN(Cc2ccc(/C=C/C(=O)O)cc2)CCS1. The molecule has 1 aromatic rings. The van der Waals surface area contributed by atoms with E-state index in [4.69, 9.17) is 5.11 Å². The van der Waals surface area contributed by atoms with Crippen LogP contribution in [-0.2, 0) is 11.3 Å². The highest BCUT2D eigenvalue weighted by molar-refractivity contribution is 8.00. The zero-order valence-corrected chi connectivity index (χ0v) is 12.8. The molecule has 0 aromatic heterocycles. The van der Waals surface area contributed by atoms with E-state index >= 15 is 0 Å². The molecule has 0 bridgehead atoms. The largest absolute Gasteiger partial charge is 0.478 e. The van der Waals surface area contributed by atoms with Crippen LogP contribution in [0.4, 0.5) is 0 Å². The molecular formula is C16H21NO2S. The van der Waals surface area contributed by atoms with Crippen LogP contribution in [0.1, 0.15) is 25.0 Å². The summed E-state index contributed by atoms with van der Waals surface area (Å²) in [5.41, 5.74) is 2.20. The van der Waals surface area contributed by atoms with Crippen LogP contribution in [0.25, 0.3) is 6.08 Å². The van der Waals surface area contributed by atoms with E-state index in [9.17, 15) is 4.79 Å². The third-order valence-electron chi connectivity index (χ3n) is 3.31. The van der Waals surface area contributed by atoms with E-state index in [1.165, 1.54) is 17.4 Å². The first-order valence-electron chi connectivity index (χ1n) is 6.81. The number of carbonyl (C=O) groups is 1. The number of nitrogens with zero attached hydrogens (tertiary/aromatic N) is 1. The zero-order chi connectivity index (χ0) is 14.6. The molecule has 0 amide bonds. The maximum atomic E-state index is 10.5. The molecule has 1 aromatic carbocycles. The summed E-state index contributed by atoms with van der Waals surface area (Å²) in [5.74, 6) is 0.272. The van der Waals surface area contributed by atoms with Gasteiger partial charge in [-0.3, -0.25) is 4.90 Å². The molecule has 0 unspecified atom stereocenters. The van der Waals surface area contributed by atoms with E-state index in [0.29, 0.717) is 4.75 Å². The van der Waals surface area contributed by atoms with Crippen LogP contribution in [0, 0.1) is 0 Å². The van der Waals surface area contributed by atoms with Crippen molar-refractivity contribution < 1.29 is 9.90 Å². The van der Waals surface area contributed by atoms with Crippen molar-refractivity contribution in [1.29, 1.82) is 0 Å². The highest BCUT2D eigenvalue weighted by atomic mass is 32.2. The fraction of sp³-hybridized carbons (Fsp3) is 0.438. The quantitative estimate of drug-likeness (QED) is 0.865. The molecule has 1 saturated heterocycles. The van der Waals surface area contributed by atoms with Crippen LogP contribution < -0.4 is 0 Å². The van der Waals surface area contributed by atoms with Crippen molar-refractivity contribution in [3.05, 3.63) is 41.5 Å². The Kier molecular flexibility index (Phi) is 4.89. The standard InChI is InChI=1S/C16H21NO2S/c1-16(2)12-17(9-10-20-16)11-14-5-3-13(4-6-14)7-8-15(18)19/h3-8H,9-12H2,1-2H3,(H,18,19)/b8-7+. The van der Waals surface area contributed by atoms with Gasteiger partial charge in [0.15, 0.2) is 0 Å². The summed E-state index contributed by atoms with van der Waals surface area (Å²) in [7, 11) is 0. The Morgan fingerprint density at radius 1 is 1.40 bits per heavy atom. The van der Waals surface area contributed by atoms with Gasteiger partial charge in [0.2, 0.25) is 0 Å². The van der Waals surface area contributed by atoms with E-state index in [0.717, 1.165) is 25.2 Å². The lowest BCUT2D eigenvalue weighted by molar-refractivity contribution is -0.131. The van der Waals surface area contributed by atoms with E-state index in [1.54, 1.807) is 6.08 Å². The van der Waals surface area contributed by atoms with Crippen LogP contribution in [0.15, 0.2) is 30.3 Å². The Balaban J connectivity index is 1.95. The number of hydrogen-bond donors (Lipinski definition) is 1. The first-order valence-corrected chi connectivity index (χ1v) is 7.79. The van der Waals surface area contributed by atoms with Crippen LogP contribution in [0.3, 0.4) is 0 Å². The zero-order valence-electron chi connectivity index (χ0n) is 12.0. The van der Waals surface area contributed by atoms with Crippen molar-refractivity contribution in [2.75, 3.05) is 18.8 Å². The van der Waals surface area contributed by atoms with Crippen LogP contribution >= 0.6 is 11.8 Å². The third kappa shape index (κ3) is 4.69. The topological polar surface area (TPSA) is 40.5 Å². The van der Waals surface area contributed by atoms with Gasteiger partial charge in [0.25, 0.3) is 0 Å². The summed E-state index contributed by atoms with van der Waals surface area (Å²) >= 11 is 2.04. The number of thioether (sulfide) groups is 1. The summed E-state index contributed by atoms with van der Waals surface area (Å²) in [6.07, 6.45) is 2.78. The monoisotopic (exact) mass is 291 g/mol. The average molecular weight is 291 g/mol. The van der Waals surface area contributed by atoms with Gasteiger partial charge >= 0.3 is 5.97 Å². The van der Waals surface area contributed by atoms with Gasteiger partial charge in [-0.2, -0.15) is 11.8 Å². The second-order valence-corrected chi connectivity index (χ2v) is 7.53. The molecule has 0 atom stereocenters. The van der Waals surface area contributed by atoms with Crippen molar-refractivity contribution in [3.63, 3.8) is 0 Å². The first-order chi connectivity index (χ1) is 9.44. The number of aliphatic carboxylic acids is 1. The fourth-order valence-corrected chi connectivity index (χ4v) is 3.58. The van der Waals surface area contributed by atoms with Crippen molar-refractivity contribution in [1.82, 2.24) is 4.90 Å². The molecule has 20 heavy (non-hydrogen) atoms. The minimum atomic E-state index is -0.915. The fourth-order valence-electron chi connectivity index (χ4n) is 2.41. The maximum absolute atomic E-state index is 10.5. The minimum absolute atomic E-state index is 0.336. The highest BCUT2D eigenvalue weighted by Crippen LogP contribution is 2.30. The van der Waals surface area contributed by atoms with Crippen LogP contribution in [0.5, 0.6) is 0 Å². The van der Waals surface area contributed by atoms with Crippen molar-refractivity contribution in [2.24, 2.45) is 0 Å². The molecule has 0 spiro atoms. The van der Waals surface area contributed by atoms with Gasteiger partial charge in [-0.25, -0.2) is 4.79 Å². The van der Waals surface area contributed by atoms with Crippen molar-refractivity contribution in [3.8, 4) is 0 Å². The molecule has 4 heteroatoms. The van der Waals surface area contributed by atoms with Gasteiger partial charge < -0.3 is 5.11 Å².